The highest BCUT2D eigenvalue weighted by molar-refractivity contribution is 6.74. The van der Waals surface area contributed by atoms with Gasteiger partial charge < -0.3 is 30.3 Å². The predicted octanol–water partition coefficient (Wildman–Crippen LogP) is 8.95. The Morgan fingerprint density at radius 1 is 0.983 bits per heavy atom. The minimum atomic E-state index is -2.21. The molecule has 1 aliphatic rings. The van der Waals surface area contributed by atoms with Crippen molar-refractivity contribution in [2.45, 2.75) is 109 Å². The molecule has 59 heavy (non-hydrogen) atoms. The number of phenols is 1. The highest BCUT2D eigenvalue weighted by Gasteiger charge is 2.39. The van der Waals surface area contributed by atoms with Gasteiger partial charge in [0.05, 0.1) is 22.8 Å². The van der Waals surface area contributed by atoms with Gasteiger partial charge in [0.15, 0.2) is 8.32 Å². The average molecular weight is 816 g/mol. The number of nitrogens with one attached hydrogen (secondary N) is 3. The Hall–Kier alpha value is -5.34. The van der Waals surface area contributed by atoms with Crippen LogP contribution in [0.3, 0.4) is 0 Å². The van der Waals surface area contributed by atoms with Crippen LogP contribution in [0, 0.1) is 0 Å². The van der Waals surface area contributed by atoms with E-state index in [0.717, 1.165) is 88.4 Å². The van der Waals surface area contributed by atoms with Crippen LogP contribution in [0.2, 0.25) is 18.1 Å². The maximum atomic E-state index is 13.1. The number of amides is 1. The van der Waals surface area contributed by atoms with Crippen molar-refractivity contribution >= 4 is 42.0 Å². The molecular formula is C46H57N7O5Si. The number of carbonyl (C=O) groups is 1. The van der Waals surface area contributed by atoms with Crippen LogP contribution in [0.4, 0.5) is 10.5 Å². The lowest BCUT2D eigenvalue weighted by atomic mass is 9.94. The van der Waals surface area contributed by atoms with Crippen LogP contribution in [0.15, 0.2) is 95.8 Å². The number of nitrogens with two attached hydrogens (primary N) is 1. The van der Waals surface area contributed by atoms with E-state index in [1.807, 2.05) is 47.1 Å². The van der Waals surface area contributed by atoms with E-state index in [9.17, 15) is 14.7 Å². The summed E-state index contributed by atoms with van der Waals surface area (Å²) in [5.74, 6) is 0.0287. The number of hydrogen-bond donors (Lipinski definition) is 5. The molecule has 6 N–H and O–H groups in total. The summed E-state index contributed by atoms with van der Waals surface area (Å²) in [5, 5.41) is 27.0. The molecule has 0 radical (unpaired) electrons. The number of nitrogens with zero attached hydrogens (tertiary/aromatic N) is 3. The smallest absolute Gasteiger partial charge is 0.411 e. The Morgan fingerprint density at radius 2 is 1.75 bits per heavy atom. The van der Waals surface area contributed by atoms with Crippen molar-refractivity contribution in [1.29, 1.82) is 0 Å². The Labute approximate surface area is 346 Å². The number of fused-ring (bicyclic) bond motifs is 2. The summed E-state index contributed by atoms with van der Waals surface area (Å²) >= 11 is 0. The highest BCUT2D eigenvalue weighted by Crippen LogP contribution is 2.41. The maximum absolute atomic E-state index is 13.1. The van der Waals surface area contributed by atoms with Crippen molar-refractivity contribution in [1.82, 2.24) is 25.3 Å². The number of hydrogen-bond acceptors (Lipinski definition) is 9. The molecule has 1 fully saturated rings. The summed E-state index contributed by atoms with van der Waals surface area (Å²) < 4.78 is 14.7. The van der Waals surface area contributed by atoms with Gasteiger partial charge in [0, 0.05) is 42.7 Å². The number of aromatic nitrogens is 4. The van der Waals surface area contributed by atoms with Crippen LogP contribution in [0.1, 0.15) is 75.7 Å². The van der Waals surface area contributed by atoms with Crippen molar-refractivity contribution in [3.63, 3.8) is 0 Å². The fourth-order valence-electron chi connectivity index (χ4n) is 7.58. The third kappa shape index (κ3) is 10.1. The fourth-order valence-corrected chi connectivity index (χ4v) is 8.85. The van der Waals surface area contributed by atoms with E-state index in [1.54, 1.807) is 12.1 Å². The van der Waals surface area contributed by atoms with E-state index in [2.05, 4.69) is 90.1 Å². The van der Waals surface area contributed by atoms with Crippen LogP contribution in [0.25, 0.3) is 33.1 Å². The number of anilines is 1. The van der Waals surface area contributed by atoms with E-state index in [0.29, 0.717) is 25.2 Å². The summed E-state index contributed by atoms with van der Waals surface area (Å²) in [6.07, 6.45) is 4.05. The van der Waals surface area contributed by atoms with Crippen molar-refractivity contribution in [3.05, 3.63) is 118 Å². The van der Waals surface area contributed by atoms with Gasteiger partial charge in [-0.25, -0.2) is 9.48 Å². The number of aromatic hydroxyl groups is 1. The Morgan fingerprint density at radius 3 is 2.51 bits per heavy atom. The summed E-state index contributed by atoms with van der Waals surface area (Å²) in [4.78, 5) is 28.0. The van der Waals surface area contributed by atoms with E-state index in [-0.39, 0.29) is 34.6 Å². The first-order valence-corrected chi connectivity index (χ1v) is 23.6. The molecule has 1 amide bonds. The van der Waals surface area contributed by atoms with Gasteiger partial charge in [-0.15, -0.1) is 5.10 Å². The molecular weight excluding hydrogens is 759 g/mol. The van der Waals surface area contributed by atoms with Gasteiger partial charge >= 0.3 is 6.09 Å². The normalized spacial score (nSPS) is 16.6. The number of H-pyrrole nitrogens is 1. The average Bonchev–Trinajstić information content (AvgIpc) is 3.60. The molecule has 1 aliphatic carbocycles. The van der Waals surface area contributed by atoms with Gasteiger partial charge in [0.1, 0.15) is 17.4 Å². The summed E-state index contributed by atoms with van der Waals surface area (Å²) in [6.45, 7) is 12.9. The zero-order chi connectivity index (χ0) is 41.7. The molecule has 12 nitrogen and oxygen atoms in total. The largest absolute Gasteiger partial charge is 0.506 e. The topological polar surface area (TPSA) is 169 Å². The number of rotatable bonds is 14. The van der Waals surface area contributed by atoms with Crippen LogP contribution >= 0.6 is 0 Å². The molecule has 0 aliphatic heterocycles. The lowest BCUT2D eigenvalue weighted by Crippen LogP contribution is -2.43. The first kappa shape index (κ1) is 41.8. The van der Waals surface area contributed by atoms with Crippen LogP contribution in [0.5, 0.6) is 5.75 Å². The first-order valence-electron chi connectivity index (χ1n) is 20.7. The molecule has 0 saturated heterocycles. The highest BCUT2D eigenvalue weighted by atomic mass is 28.4. The molecule has 1 saturated carbocycles. The minimum Gasteiger partial charge on any atom is -0.506 e. The number of aromatic amines is 1. The second kappa shape index (κ2) is 17.9. The second-order valence-corrected chi connectivity index (χ2v) is 22.1. The Kier molecular flexibility index (Phi) is 12.7. The zero-order valence-corrected chi connectivity index (χ0v) is 35.8. The van der Waals surface area contributed by atoms with Crippen molar-refractivity contribution in [2.75, 3.05) is 11.9 Å². The van der Waals surface area contributed by atoms with Crippen molar-refractivity contribution < 1.29 is 19.1 Å². The molecule has 1 atom stereocenters. The second-order valence-electron chi connectivity index (χ2n) is 17.3. The van der Waals surface area contributed by atoms with Crippen LogP contribution < -0.4 is 21.9 Å². The van der Waals surface area contributed by atoms with E-state index in [4.69, 9.17) is 14.9 Å². The number of pyridine rings is 1. The quantitative estimate of drug-likeness (QED) is 0.0674. The molecule has 4 aromatic carbocycles. The summed E-state index contributed by atoms with van der Waals surface area (Å²) in [6, 6.07) is 29.4. The van der Waals surface area contributed by atoms with E-state index in [1.165, 1.54) is 6.07 Å². The SMILES string of the molecule is CC(C)(C)[Si](C)(C)O[C@@H](CNCc1ccc2c(c1)nnn2CCCc1ccc(-c2ccccc2)c(NC(=O)OC2CCC(N)CC2)c1)c1ccc(O)c2[nH]c(=O)ccc12. The lowest BCUT2D eigenvalue weighted by Gasteiger charge is -2.39. The standard InChI is InChI=1S/C46H57N7O5Si/c1-46(2,3)59(4,5)58-42(36-20-23-41(54)44-37(36)21-24-43(55)50-44)29-48-28-31-14-22-40-39(27-31)51-52-53(40)25-9-10-30-13-19-35(32-11-7-6-8-12-32)38(26-30)49-45(56)57-34-17-15-33(47)16-18-34/h6-8,11-14,19-24,26-27,33-34,42,48,54H,9-10,15-18,25,28-29,47H2,1-5H3,(H,49,56)(H,50,55)/t33?,34?,42-/m0/s1. The number of phenolic OH excluding ortho intramolecular Hbond substituents is 1. The predicted molar refractivity (Wildman–Crippen MR) is 237 cm³/mol. The number of aryl methyl sites for hydroxylation is 2. The third-order valence-corrected chi connectivity index (χ3v) is 16.5. The first-order chi connectivity index (χ1) is 28.2. The zero-order valence-electron chi connectivity index (χ0n) is 34.8. The van der Waals surface area contributed by atoms with Gasteiger partial charge in [0.25, 0.3) is 0 Å². The molecule has 0 unspecified atom stereocenters. The van der Waals surface area contributed by atoms with Crippen molar-refractivity contribution in [2.24, 2.45) is 5.73 Å². The van der Waals surface area contributed by atoms with Crippen molar-refractivity contribution in [3.8, 4) is 16.9 Å². The van der Waals surface area contributed by atoms with Gasteiger partial charge in [-0.2, -0.15) is 0 Å². The fraction of sp³-hybridized carbons (Fsp3) is 0.391. The number of benzene rings is 4. The number of ether oxygens (including phenoxy) is 1. The van der Waals surface area contributed by atoms with Crippen LogP contribution in [-0.4, -0.2) is 58.2 Å². The van der Waals surface area contributed by atoms with Gasteiger partial charge in [-0.05, 0) is 109 Å². The monoisotopic (exact) mass is 815 g/mol. The molecule has 0 spiro atoms. The van der Waals surface area contributed by atoms with Gasteiger partial charge in [-0.1, -0.05) is 80.6 Å². The van der Waals surface area contributed by atoms with E-state index >= 15 is 0 Å². The van der Waals surface area contributed by atoms with Crippen LogP contribution in [-0.2, 0) is 28.7 Å². The Bertz CT molecular complexity index is 2450. The minimum absolute atomic E-state index is 0.0177. The van der Waals surface area contributed by atoms with E-state index < -0.39 is 14.4 Å². The number of carbonyl (C=O) groups excluding carboxylic acids is 1. The lowest BCUT2D eigenvalue weighted by molar-refractivity contribution is 0.0826. The summed E-state index contributed by atoms with van der Waals surface area (Å²) in [7, 11) is -2.21. The summed E-state index contributed by atoms with van der Waals surface area (Å²) in [5.41, 5.74) is 13.7. The Balaban J connectivity index is 0.998. The molecule has 13 heteroatoms. The molecule has 0 bridgehead atoms. The molecule has 310 valence electrons. The third-order valence-electron chi connectivity index (χ3n) is 12.0. The van der Waals surface area contributed by atoms with Gasteiger partial charge in [0.2, 0.25) is 5.56 Å². The molecule has 2 aromatic heterocycles. The molecule has 2 heterocycles. The maximum Gasteiger partial charge on any atom is 0.411 e. The molecule has 6 aromatic rings. The van der Waals surface area contributed by atoms with Gasteiger partial charge in [-0.3, -0.25) is 10.1 Å². The molecule has 7 rings (SSSR count).